The largest absolute Gasteiger partial charge is 0.348 e. The van der Waals surface area contributed by atoms with Crippen LogP contribution in [0.1, 0.15) is 31.4 Å². The van der Waals surface area contributed by atoms with E-state index >= 15 is 0 Å². The van der Waals surface area contributed by atoms with E-state index in [2.05, 4.69) is 10.6 Å². The van der Waals surface area contributed by atoms with E-state index in [9.17, 15) is 18.4 Å². The lowest BCUT2D eigenvalue weighted by Gasteiger charge is -2.15. The highest BCUT2D eigenvalue weighted by atomic mass is 19.1. The highest BCUT2D eigenvalue weighted by molar-refractivity contribution is 5.87. The maximum absolute atomic E-state index is 13.5. The average Bonchev–Trinajstić information content (AvgIpc) is 3.23. The Kier molecular flexibility index (Phi) is 4.32. The van der Waals surface area contributed by atoms with Gasteiger partial charge in [0.25, 0.3) is 0 Å². The Balaban J connectivity index is 1.86. The van der Waals surface area contributed by atoms with E-state index in [0.29, 0.717) is 0 Å². The quantitative estimate of drug-likeness (QED) is 0.863. The van der Waals surface area contributed by atoms with E-state index < -0.39 is 23.6 Å². The van der Waals surface area contributed by atoms with Crippen molar-refractivity contribution in [2.75, 3.05) is 6.54 Å². The first kappa shape index (κ1) is 14.4. The first-order chi connectivity index (χ1) is 9.47. The molecule has 108 valence electrons. The van der Waals surface area contributed by atoms with Gasteiger partial charge in [0.15, 0.2) is 0 Å². The Bertz CT molecular complexity index is 530. The van der Waals surface area contributed by atoms with Crippen LogP contribution in [0.4, 0.5) is 8.78 Å². The second kappa shape index (κ2) is 5.98. The van der Waals surface area contributed by atoms with Crippen LogP contribution >= 0.6 is 0 Å². The Morgan fingerprint density at radius 3 is 2.70 bits per heavy atom. The first-order valence-electron chi connectivity index (χ1n) is 6.49. The van der Waals surface area contributed by atoms with Gasteiger partial charge in [-0.25, -0.2) is 8.78 Å². The summed E-state index contributed by atoms with van der Waals surface area (Å²) in [6.07, 6.45) is 1.72. The minimum Gasteiger partial charge on any atom is -0.348 e. The summed E-state index contributed by atoms with van der Waals surface area (Å²) in [5.74, 6) is -1.69. The molecule has 0 unspecified atom stereocenters. The third-order valence-electron chi connectivity index (χ3n) is 3.17. The predicted molar refractivity (Wildman–Crippen MR) is 68.6 cm³/mol. The number of benzene rings is 1. The molecule has 2 amide bonds. The van der Waals surface area contributed by atoms with Crippen molar-refractivity contribution in [2.45, 2.75) is 25.8 Å². The second-order valence-corrected chi connectivity index (χ2v) is 4.95. The Hall–Kier alpha value is -1.98. The molecule has 6 heteroatoms. The van der Waals surface area contributed by atoms with E-state index in [4.69, 9.17) is 0 Å². The van der Waals surface area contributed by atoms with Gasteiger partial charge in [-0.1, -0.05) is 0 Å². The summed E-state index contributed by atoms with van der Waals surface area (Å²) in [4.78, 5) is 23.0. The molecule has 1 aliphatic rings. The fourth-order valence-corrected chi connectivity index (χ4v) is 1.87. The summed E-state index contributed by atoms with van der Waals surface area (Å²) in [6, 6.07) is 2.41. The van der Waals surface area contributed by atoms with E-state index in [0.717, 1.165) is 31.0 Å². The summed E-state index contributed by atoms with van der Waals surface area (Å²) in [6.45, 7) is 1.40. The molecule has 2 N–H and O–H groups in total. The molecular formula is C14H16F2N2O2. The molecule has 0 aromatic heterocycles. The minimum atomic E-state index is -0.670. The van der Waals surface area contributed by atoms with Gasteiger partial charge < -0.3 is 10.6 Å². The van der Waals surface area contributed by atoms with Crippen molar-refractivity contribution in [1.82, 2.24) is 10.6 Å². The standard InChI is InChI=1S/C14H16F2N2O2/c1-8(11-6-10(15)4-5-12(11)16)18-13(19)7-17-14(20)9-2-3-9/h4-6,8-9H,2-3,7H2,1H3,(H,17,20)(H,18,19)/t8-/m0/s1. The van der Waals surface area contributed by atoms with Gasteiger partial charge in [0.1, 0.15) is 11.6 Å². The van der Waals surface area contributed by atoms with Crippen LogP contribution in [-0.2, 0) is 9.59 Å². The number of nitrogens with one attached hydrogen (secondary N) is 2. The van der Waals surface area contributed by atoms with E-state index in [-0.39, 0.29) is 23.9 Å². The summed E-state index contributed by atoms with van der Waals surface area (Å²) in [5, 5.41) is 5.03. The van der Waals surface area contributed by atoms with Crippen LogP contribution in [0.15, 0.2) is 18.2 Å². The zero-order chi connectivity index (χ0) is 14.7. The third-order valence-corrected chi connectivity index (χ3v) is 3.17. The molecule has 1 aliphatic carbocycles. The van der Waals surface area contributed by atoms with Crippen molar-refractivity contribution in [3.63, 3.8) is 0 Å². The Labute approximate surface area is 115 Å². The zero-order valence-electron chi connectivity index (χ0n) is 11.1. The number of halogens is 2. The fraction of sp³-hybridized carbons (Fsp3) is 0.429. The van der Waals surface area contributed by atoms with Gasteiger partial charge in [0, 0.05) is 11.5 Å². The van der Waals surface area contributed by atoms with Gasteiger partial charge in [0.05, 0.1) is 12.6 Å². The first-order valence-corrected chi connectivity index (χ1v) is 6.49. The van der Waals surface area contributed by atoms with Crippen molar-refractivity contribution in [3.8, 4) is 0 Å². The Morgan fingerprint density at radius 1 is 1.35 bits per heavy atom. The summed E-state index contributed by atoms with van der Waals surface area (Å²) in [5.41, 5.74) is 0.0758. The van der Waals surface area contributed by atoms with Crippen molar-refractivity contribution in [3.05, 3.63) is 35.4 Å². The van der Waals surface area contributed by atoms with Crippen molar-refractivity contribution in [2.24, 2.45) is 5.92 Å². The molecule has 4 nitrogen and oxygen atoms in total. The van der Waals surface area contributed by atoms with Crippen LogP contribution in [0.2, 0.25) is 0 Å². The van der Waals surface area contributed by atoms with E-state index in [1.54, 1.807) is 6.92 Å². The molecule has 0 heterocycles. The van der Waals surface area contributed by atoms with Crippen molar-refractivity contribution >= 4 is 11.8 Å². The number of amides is 2. The molecule has 1 fully saturated rings. The van der Waals surface area contributed by atoms with Crippen molar-refractivity contribution < 1.29 is 18.4 Å². The SMILES string of the molecule is C[C@H](NC(=O)CNC(=O)C1CC1)c1cc(F)ccc1F. The van der Waals surface area contributed by atoms with Crippen LogP contribution < -0.4 is 10.6 Å². The van der Waals surface area contributed by atoms with Gasteiger partial charge in [0.2, 0.25) is 11.8 Å². The molecule has 0 aliphatic heterocycles. The van der Waals surface area contributed by atoms with Crippen LogP contribution in [-0.4, -0.2) is 18.4 Å². The van der Waals surface area contributed by atoms with Crippen LogP contribution in [0.3, 0.4) is 0 Å². The van der Waals surface area contributed by atoms with E-state index in [1.807, 2.05) is 0 Å². The number of hydrogen-bond acceptors (Lipinski definition) is 2. The summed E-state index contributed by atoms with van der Waals surface area (Å²) in [7, 11) is 0. The molecule has 0 radical (unpaired) electrons. The lowest BCUT2D eigenvalue weighted by molar-refractivity contribution is -0.127. The average molecular weight is 282 g/mol. The van der Waals surface area contributed by atoms with Crippen LogP contribution in [0.5, 0.6) is 0 Å². The molecule has 2 rings (SSSR count). The van der Waals surface area contributed by atoms with Gasteiger partial charge in [-0.15, -0.1) is 0 Å². The smallest absolute Gasteiger partial charge is 0.239 e. The molecular weight excluding hydrogens is 266 g/mol. The molecule has 0 saturated heterocycles. The fourth-order valence-electron chi connectivity index (χ4n) is 1.87. The van der Waals surface area contributed by atoms with Gasteiger partial charge in [-0.2, -0.15) is 0 Å². The maximum Gasteiger partial charge on any atom is 0.239 e. The topological polar surface area (TPSA) is 58.2 Å². The summed E-state index contributed by atoms with van der Waals surface area (Å²) < 4.78 is 26.6. The normalized spacial score (nSPS) is 15.6. The van der Waals surface area contributed by atoms with Gasteiger partial charge in [-0.05, 0) is 38.0 Å². The summed E-state index contributed by atoms with van der Waals surface area (Å²) >= 11 is 0. The number of carbonyl (C=O) groups excluding carboxylic acids is 2. The third kappa shape index (κ3) is 3.76. The van der Waals surface area contributed by atoms with Gasteiger partial charge >= 0.3 is 0 Å². The Morgan fingerprint density at radius 2 is 2.05 bits per heavy atom. The van der Waals surface area contributed by atoms with Crippen LogP contribution in [0, 0.1) is 17.6 Å². The lowest BCUT2D eigenvalue weighted by atomic mass is 10.1. The lowest BCUT2D eigenvalue weighted by Crippen LogP contribution is -2.38. The van der Waals surface area contributed by atoms with Gasteiger partial charge in [-0.3, -0.25) is 9.59 Å². The maximum atomic E-state index is 13.5. The van der Waals surface area contributed by atoms with Crippen LogP contribution in [0.25, 0.3) is 0 Å². The molecule has 1 aromatic rings. The van der Waals surface area contributed by atoms with Crippen molar-refractivity contribution in [1.29, 1.82) is 0 Å². The highest BCUT2D eigenvalue weighted by Crippen LogP contribution is 2.28. The van der Waals surface area contributed by atoms with E-state index in [1.165, 1.54) is 0 Å². The predicted octanol–water partition coefficient (Wildman–Crippen LogP) is 1.67. The highest BCUT2D eigenvalue weighted by Gasteiger charge is 2.29. The second-order valence-electron chi connectivity index (χ2n) is 4.95. The molecule has 0 spiro atoms. The number of carbonyl (C=O) groups is 2. The zero-order valence-corrected chi connectivity index (χ0v) is 11.1. The number of hydrogen-bond donors (Lipinski definition) is 2. The minimum absolute atomic E-state index is 0.0286. The number of rotatable bonds is 5. The molecule has 1 saturated carbocycles. The molecule has 1 aromatic carbocycles. The molecule has 0 bridgehead atoms. The molecule has 1 atom stereocenters. The molecule has 20 heavy (non-hydrogen) atoms. The monoisotopic (exact) mass is 282 g/mol.